The zero-order valence-electron chi connectivity index (χ0n) is 18.5. The second-order valence-electron chi connectivity index (χ2n) is 8.08. The van der Waals surface area contributed by atoms with Gasteiger partial charge in [0.15, 0.2) is 0 Å². The minimum absolute atomic E-state index is 0.711. The number of anilines is 1. The average Bonchev–Trinajstić information content (AvgIpc) is 3.24. The number of pyridine rings is 1. The highest BCUT2D eigenvalue weighted by atomic mass is 15.3. The summed E-state index contributed by atoms with van der Waals surface area (Å²) in [4.78, 5) is 4.67. The highest BCUT2D eigenvalue weighted by Gasteiger charge is 2.18. The zero-order valence-corrected chi connectivity index (χ0v) is 18.5. The molecule has 2 aromatic heterocycles. The van der Waals surface area contributed by atoms with Crippen LogP contribution in [0.15, 0.2) is 126 Å². The van der Waals surface area contributed by atoms with Gasteiger partial charge in [0.1, 0.15) is 5.82 Å². The van der Waals surface area contributed by atoms with Crippen molar-refractivity contribution in [3.05, 3.63) is 127 Å². The van der Waals surface area contributed by atoms with Crippen LogP contribution in [0, 0.1) is 0 Å². The van der Waals surface area contributed by atoms with E-state index in [0.29, 0.717) is 5.82 Å². The van der Waals surface area contributed by atoms with E-state index in [2.05, 4.69) is 105 Å². The standard InChI is InChI=1S/C30H22N4/c1-3-12-23(13-4-1)30-26(21-31-33-29-20-19-22-11-7-9-17-27(22)32-29)25-16-8-10-18-28(25)34(30)24-14-5-2-6-15-24/h1-21H,(H,32,33). The number of nitrogens with zero attached hydrogens (tertiary/aromatic N) is 3. The summed E-state index contributed by atoms with van der Waals surface area (Å²) >= 11 is 0. The number of aromatic nitrogens is 2. The van der Waals surface area contributed by atoms with Crippen molar-refractivity contribution >= 4 is 33.8 Å². The molecule has 0 fully saturated rings. The first-order valence-corrected chi connectivity index (χ1v) is 11.3. The molecule has 4 nitrogen and oxygen atoms in total. The molecule has 2 heterocycles. The highest BCUT2D eigenvalue weighted by Crippen LogP contribution is 2.35. The van der Waals surface area contributed by atoms with E-state index in [4.69, 9.17) is 0 Å². The molecule has 0 unspecified atom stereocenters. The van der Waals surface area contributed by atoms with Crippen LogP contribution in [0.25, 0.3) is 38.8 Å². The molecular weight excluding hydrogens is 416 g/mol. The van der Waals surface area contributed by atoms with Crippen LogP contribution in [-0.4, -0.2) is 15.8 Å². The molecule has 0 saturated carbocycles. The van der Waals surface area contributed by atoms with Crippen molar-refractivity contribution in [1.82, 2.24) is 9.55 Å². The Bertz CT molecular complexity index is 1620. The van der Waals surface area contributed by atoms with Crippen molar-refractivity contribution in [2.45, 2.75) is 0 Å². The molecule has 0 amide bonds. The molecule has 0 spiro atoms. The lowest BCUT2D eigenvalue weighted by atomic mass is 10.1. The monoisotopic (exact) mass is 438 g/mol. The van der Waals surface area contributed by atoms with E-state index in [1.807, 2.05) is 42.6 Å². The summed E-state index contributed by atoms with van der Waals surface area (Å²) in [6, 6.07) is 41.4. The fourth-order valence-electron chi connectivity index (χ4n) is 4.41. The summed E-state index contributed by atoms with van der Waals surface area (Å²) < 4.78 is 2.31. The third-order valence-corrected chi connectivity index (χ3v) is 5.95. The number of hydrogen-bond acceptors (Lipinski definition) is 3. The van der Waals surface area contributed by atoms with Gasteiger partial charge >= 0.3 is 0 Å². The van der Waals surface area contributed by atoms with Gasteiger partial charge < -0.3 is 4.57 Å². The molecule has 4 aromatic carbocycles. The minimum atomic E-state index is 0.711. The number of fused-ring (bicyclic) bond motifs is 2. The third kappa shape index (κ3) is 3.61. The number of benzene rings is 4. The van der Waals surface area contributed by atoms with Crippen LogP contribution in [0.5, 0.6) is 0 Å². The number of nitrogens with one attached hydrogen (secondary N) is 1. The Morgan fingerprint density at radius 3 is 2.24 bits per heavy atom. The smallest absolute Gasteiger partial charge is 0.146 e. The largest absolute Gasteiger partial charge is 0.309 e. The fourth-order valence-corrected chi connectivity index (χ4v) is 4.41. The molecule has 6 aromatic rings. The van der Waals surface area contributed by atoms with Crippen LogP contribution in [0.3, 0.4) is 0 Å². The minimum Gasteiger partial charge on any atom is -0.309 e. The second-order valence-corrected chi connectivity index (χ2v) is 8.08. The predicted octanol–water partition coefficient (Wildman–Crippen LogP) is 7.29. The second kappa shape index (κ2) is 8.68. The van der Waals surface area contributed by atoms with E-state index in [0.717, 1.165) is 44.3 Å². The molecule has 0 aliphatic carbocycles. The van der Waals surface area contributed by atoms with E-state index >= 15 is 0 Å². The number of rotatable bonds is 5. The molecule has 6 rings (SSSR count). The summed E-state index contributed by atoms with van der Waals surface area (Å²) in [5.74, 6) is 0.711. The number of hydrazone groups is 1. The van der Waals surface area contributed by atoms with E-state index in [9.17, 15) is 0 Å². The SMILES string of the molecule is C(=NNc1ccc2ccccc2n1)c1c(-c2ccccc2)n(-c2ccccc2)c2ccccc12. The Morgan fingerprint density at radius 2 is 1.38 bits per heavy atom. The van der Waals surface area contributed by atoms with Crippen LogP contribution in [0.2, 0.25) is 0 Å². The molecule has 0 aliphatic heterocycles. The molecule has 4 heteroatoms. The Balaban J connectivity index is 1.49. The van der Waals surface area contributed by atoms with Crippen LogP contribution in [0.1, 0.15) is 5.56 Å². The summed E-state index contributed by atoms with van der Waals surface area (Å²) in [5.41, 5.74) is 9.60. The first-order valence-electron chi connectivity index (χ1n) is 11.3. The molecule has 0 aliphatic rings. The quantitative estimate of drug-likeness (QED) is 0.227. The van der Waals surface area contributed by atoms with Gasteiger partial charge in [-0.1, -0.05) is 84.9 Å². The maximum atomic E-state index is 4.67. The number of hydrogen-bond donors (Lipinski definition) is 1. The summed E-state index contributed by atoms with van der Waals surface area (Å²) in [6.07, 6.45) is 1.90. The van der Waals surface area contributed by atoms with Crippen molar-refractivity contribution in [3.8, 4) is 16.9 Å². The Labute approximate surface area is 197 Å². The van der Waals surface area contributed by atoms with Crippen LogP contribution in [0.4, 0.5) is 5.82 Å². The van der Waals surface area contributed by atoms with E-state index in [-0.39, 0.29) is 0 Å². The Morgan fingerprint density at radius 1 is 0.676 bits per heavy atom. The molecule has 0 radical (unpaired) electrons. The maximum Gasteiger partial charge on any atom is 0.146 e. The average molecular weight is 439 g/mol. The zero-order chi connectivity index (χ0) is 22.7. The van der Waals surface area contributed by atoms with Crippen LogP contribution in [-0.2, 0) is 0 Å². The molecular formula is C30H22N4. The van der Waals surface area contributed by atoms with E-state index in [1.54, 1.807) is 0 Å². The Kier molecular flexibility index (Phi) is 5.09. The van der Waals surface area contributed by atoms with Gasteiger partial charge in [-0.25, -0.2) is 4.98 Å². The van der Waals surface area contributed by atoms with Gasteiger partial charge in [-0.05, 0) is 42.0 Å². The van der Waals surface area contributed by atoms with E-state index < -0.39 is 0 Å². The topological polar surface area (TPSA) is 42.2 Å². The third-order valence-electron chi connectivity index (χ3n) is 5.95. The van der Waals surface area contributed by atoms with Crippen LogP contribution >= 0.6 is 0 Å². The van der Waals surface area contributed by atoms with Crippen LogP contribution < -0.4 is 5.43 Å². The van der Waals surface area contributed by atoms with Gasteiger partial charge in [0, 0.05) is 22.0 Å². The molecule has 0 atom stereocenters. The predicted molar refractivity (Wildman–Crippen MR) is 142 cm³/mol. The first kappa shape index (κ1) is 19.9. The molecule has 0 bridgehead atoms. The lowest BCUT2D eigenvalue weighted by Crippen LogP contribution is -1.99. The summed E-state index contributed by atoms with van der Waals surface area (Å²) in [7, 11) is 0. The lowest BCUT2D eigenvalue weighted by molar-refractivity contribution is 1.13. The van der Waals surface area contributed by atoms with Gasteiger partial charge in [0.05, 0.1) is 22.9 Å². The van der Waals surface area contributed by atoms with Crippen molar-refractivity contribution < 1.29 is 0 Å². The normalized spacial score (nSPS) is 11.4. The van der Waals surface area contributed by atoms with E-state index in [1.165, 1.54) is 0 Å². The van der Waals surface area contributed by atoms with Crippen molar-refractivity contribution in [2.75, 3.05) is 5.43 Å². The molecule has 1 N–H and O–H groups in total. The van der Waals surface area contributed by atoms with Gasteiger partial charge in [-0.2, -0.15) is 5.10 Å². The van der Waals surface area contributed by atoms with Gasteiger partial charge in [-0.15, -0.1) is 0 Å². The van der Waals surface area contributed by atoms with Gasteiger partial charge in [-0.3, -0.25) is 5.43 Å². The van der Waals surface area contributed by atoms with Crippen molar-refractivity contribution in [3.63, 3.8) is 0 Å². The summed E-state index contributed by atoms with van der Waals surface area (Å²) in [5, 5.41) is 6.86. The summed E-state index contributed by atoms with van der Waals surface area (Å²) in [6.45, 7) is 0. The van der Waals surface area contributed by atoms with Gasteiger partial charge in [0.25, 0.3) is 0 Å². The van der Waals surface area contributed by atoms with Gasteiger partial charge in [0.2, 0.25) is 0 Å². The highest BCUT2D eigenvalue weighted by molar-refractivity contribution is 6.07. The molecule has 34 heavy (non-hydrogen) atoms. The Hall–Kier alpha value is -4.70. The molecule has 162 valence electrons. The fraction of sp³-hybridized carbons (Fsp3) is 0. The number of para-hydroxylation sites is 3. The molecule has 0 saturated heterocycles. The van der Waals surface area contributed by atoms with Crippen molar-refractivity contribution in [1.29, 1.82) is 0 Å². The maximum absolute atomic E-state index is 4.67. The lowest BCUT2D eigenvalue weighted by Gasteiger charge is -2.12. The first-order chi connectivity index (χ1) is 16.9. The van der Waals surface area contributed by atoms with Crippen molar-refractivity contribution in [2.24, 2.45) is 5.10 Å².